The quantitative estimate of drug-likeness (QED) is 0.520. The van der Waals surface area contributed by atoms with Crippen molar-refractivity contribution in [1.82, 2.24) is 0 Å². The molecule has 1 fully saturated rings. The Morgan fingerprint density at radius 3 is 2.78 bits per heavy atom. The maximum absolute atomic E-state index is 5.43. The maximum atomic E-state index is 5.43. The molecule has 0 bridgehead atoms. The molecular formula is C8H12O. The Morgan fingerprint density at radius 1 is 1.56 bits per heavy atom. The van der Waals surface area contributed by atoms with Gasteiger partial charge in [-0.1, -0.05) is 0 Å². The molecule has 0 spiro atoms. The lowest BCUT2D eigenvalue weighted by atomic mass is 10.1. The summed E-state index contributed by atoms with van der Waals surface area (Å²) in [6.07, 6.45) is 6.45. The summed E-state index contributed by atoms with van der Waals surface area (Å²) >= 11 is 0. The fourth-order valence-corrected chi connectivity index (χ4v) is 1.36. The van der Waals surface area contributed by atoms with Crippen LogP contribution in [0.15, 0.2) is 11.8 Å². The second-order valence-corrected chi connectivity index (χ2v) is 3.18. The molecule has 1 nitrogen and oxygen atoms in total. The second-order valence-electron chi connectivity index (χ2n) is 3.18. The Labute approximate surface area is 55.7 Å². The van der Waals surface area contributed by atoms with E-state index >= 15 is 0 Å². The van der Waals surface area contributed by atoms with Gasteiger partial charge in [0.2, 0.25) is 0 Å². The summed E-state index contributed by atoms with van der Waals surface area (Å²) in [6, 6.07) is 0. The molecule has 0 N–H and O–H groups in total. The minimum Gasteiger partial charge on any atom is -0.497 e. The van der Waals surface area contributed by atoms with Crippen LogP contribution in [0.5, 0.6) is 0 Å². The van der Waals surface area contributed by atoms with Gasteiger partial charge in [0, 0.05) is 6.42 Å². The summed E-state index contributed by atoms with van der Waals surface area (Å²) in [6.45, 7) is 2.14. The smallest absolute Gasteiger partial charge is 0.104 e. The van der Waals surface area contributed by atoms with Crippen LogP contribution in [0.1, 0.15) is 26.2 Å². The lowest BCUT2D eigenvalue weighted by Crippen LogP contribution is -2.06. The van der Waals surface area contributed by atoms with Gasteiger partial charge in [-0.15, -0.1) is 0 Å². The minimum absolute atomic E-state index is 0.560. The van der Waals surface area contributed by atoms with E-state index in [0.717, 1.165) is 5.92 Å². The van der Waals surface area contributed by atoms with Crippen LogP contribution in [0.2, 0.25) is 0 Å². The van der Waals surface area contributed by atoms with Gasteiger partial charge >= 0.3 is 0 Å². The van der Waals surface area contributed by atoms with Crippen molar-refractivity contribution in [3.8, 4) is 0 Å². The van der Waals surface area contributed by atoms with Gasteiger partial charge in [0.15, 0.2) is 0 Å². The normalized spacial score (nSPS) is 33.9. The van der Waals surface area contributed by atoms with Crippen LogP contribution in [0, 0.1) is 5.92 Å². The fraction of sp³-hybridized carbons (Fsp3) is 0.750. The standard InChI is InChI=1S/C8H12O/c1-6-4-8(9-5-6)7-2-3-7/h5,7-8H,2-4H2,1H3/t8-/m1/s1. The number of hydrogen-bond donors (Lipinski definition) is 0. The summed E-state index contributed by atoms with van der Waals surface area (Å²) in [4.78, 5) is 0. The number of hydrogen-bond acceptors (Lipinski definition) is 1. The molecule has 1 saturated carbocycles. The zero-order valence-electron chi connectivity index (χ0n) is 5.76. The molecule has 9 heavy (non-hydrogen) atoms. The van der Waals surface area contributed by atoms with Crippen molar-refractivity contribution in [2.75, 3.05) is 0 Å². The van der Waals surface area contributed by atoms with Crippen molar-refractivity contribution < 1.29 is 4.74 Å². The first kappa shape index (κ1) is 5.33. The molecule has 0 unspecified atom stereocenters. The lowest BCUT2D eigenvalue weighted by molar-refractivity contribution is 0.149. The van der Waals surface area contributed by atoms with E-state index in [9.17, 15) is 0 Å². The van der Waals surface area contributed by atoms with Crippen LogP contribution < -0.4 is 0 Å². The Balaban J connectivity index is 1.91. The Morgan fingerprint density at radius 2 is 2.33 bits per heavy atom. The zero-order chi connectivity index (χ0) is 6.27. The van der Waals surface area contributed by atoms with Crippen molar-refractivity contribution in [3.63, 3.8) is 0 Å². The average molecular weight is 124 g/mol. The predicted molar refractivity (Wildman–Crippen MR) is 36.0 cm³/mol. The maximum Gasteiger partial charge on any atom is 0.104 e. The van der Waals surface area contributed by atoms with Crippen LogP contribution >= 0.6 is 0 Å². The summed E-state index contributed by atoms with van der Waals surface area (Å²) < 4.78 is 5.43. The van der Waals surface area contributed by atoms with Crippen LogP contribution in [0.3, 0.4) is 0 Å². The molecule has 0 amide bonds. The highest BCUT2D eigenvalue weighted by atomic mass is 16.5. The summed E-state index contributed by atoms with van der Waals surface area (Å²) in [7, 11) is 0. The molecule has 0 aromatic rings. The van der Waals surface area contributed by atoms with E-state index in [1.165, 1.54) is 24.8 Å². The van der Waals surface area contributed by atoms with Gasteiger partial charge in [-0.2, -0.15) is 0 Å². The number of ether oxygens (including phenoxy) is 1. The summed E-state index contributed by atoms with van der Waals surface area (Å²) in [5, 5.41) is 0. The van der Waals surface area contributed by atoms with E-state index in [0.29, 0.717) is 6.10 Å². The Hall–Kier alpha value is -0.460. The monoisotopic (exact) mass is 124 g/mol. The molecule has 50 valence electrons. The third kappa shape index (κ3) is 0.958. The first-order chi connectivity index (χ1) is 4.36. The molecule has 1 heteroatoms. The van der Waals surface area contributed by atoms with Crippen LogP contribution in [-0.2, 0) is 4.74 Å². The van der Waals surface area contributed by atoms with E-state index in [-0.39, 0.29) is 0 Å². The zero-order valence-corrected chi connectivity index (χ0v) is 5.76. The van der Waals surface area contributed by atoms with Gasteiger partial charge in [-0.05, 0) is 31.3 Å². The van der Waals surface area contributed by atoms with Gasteiger partial charge in [-0.3, -0.25) is 0 Å². The van der Waals surface area contributed by atoms with Crippen LogP contribution in [0.4, 0.5) is 0 Å². The summed E-state index contributed by atoms with van der Waals surface area (Å²) in [5.74, 6) is 0.902. The molecule has 1 atom stereocenters. The topological polar surface area (TPSA) is 9.23 Å². The summed E-state index contributed by atoms with van der Waals surface area (Å²) in [5.41, 5.74) is 1.41. The Bertz CT molecular complexity index is 145. The van der Waals surface area contributed by atoms with Gasteiger partial charge in [-0.25, -0.2) is 0 Å². The van der Waals surface area contributed by atoms with Crippen LogP contribution in [0.25, 0.3) is 0 Å². The highest BCUT2D eigenvalue weighted by Gasteiger charge is 2.34. The predicted octanol–water partition coefficient (Wildman–Crippen LogP) is 2.09. The minimum atomic E-state index is 0.560. The van der Waals surface area contributed by atoms with Gasteiger partial charge < -0.3 is 4.74 Å². The lowest BCUT2D eigenvalue weighted by Gasteiger charge is -2.06. The second kappa shape index (κ2) is 1.76. The molecule has 1 heterocycles. The van der Waals surface area contributed by atoms with Gasteiger partial charge in [0.25, 0.3) is 0 Å². The fourth-order valence-electron chi connectivity index (χ4n) is 1.36. The highest BCUT2D eigenvalue weighted by molar-refractivity contribution is 5.04. The molecule has 0 aromatic heterocycles. The SMILES string of the molecule is CC1=CO[C@@H](C2CC2)C1. The molecule has 0 saturated heterocycles. The molecular weight excluding hydrogens is 112 g/mol. The van der Waals surface area contributed by atoms with E-state index in [1.54, 1.807) is 0 Å². The molecule has 0 radical (unpaired) electrons. The largest absolute Gasteiger partial charge is 0.497 e. The van der Waals surface area contributed by atoms with Crippen LogP contribution in [-0.4, -0.2) is 6.10 Å². The van der Waals surface area contributed by atoms with Crippen molar-refractivity contribution >= 4 is 0 Å². The first-order valence-electron chi connectivity index (χ1n) is 3.67. The van der Waals surface area contributed by atoms with E-state index in [1.807, 2.05) is 6.26 Å². The van der Waals surface area contributed by atoms with Gasteiger partial charge in [0.1, 0.15) is 6.10 Å². The first-order valence-corrected chi connectivity index (χ1v) is 3.67. The van der Waals surface area contributed by atoms with Crippen molar-refractivity contribution in [2.45, 2.75) is 32.3 Å². The van der Waals surface area contributed by atoms with Gasteiger partial charge in [0.05, 0.1) is 6.26 Å². The number of rotatable bonds is 1. The molecule has 0 aromatic carbocycles. The van der Waals surface area contributed by atoms with E-state index < -0.39 is 0 Å². The third-order valence-corrected chi connectivity index (χ3v) is 2.11. The van der Waals surface area contributed by atoms with Crippen molar-refractivity contribution in [1.29, 1.82) is 0 Å². The molecule has 1 aliphatic heterocycles. The Kier molecular flexibility index (Phi) is 1.04. The van der Waals surface area contributed by atoms with E-state index in [2.05, 4.69) is 6.92 Å². The third-order valence-electron chi connectivity index (χ3n) is 2.11. The molecule has 2 aliphatic rings. The van der Waals surface area contributed by atoms with E-state index in [4.69, 9.17) is 4.74 Å². The molecule has 1 aliphatic carbocycles. The van der Waals surface area contributed by atoms with Crippen molar-refractivity contribution in [2.24, 2.45) is 5.92 Å². The highest BCUT2D eigenvalue weighted by Crippen LogP contribution is 2.39. The van der Waals surface area contributed by atoms with Crippen molar-refractivity contribution in [3.05, 3.63) is 11.8 Å². The molecule has 2 rings (SSSR count). The average Bonchev–Trinajstić information content (AvgIpc) is 2.58.